The van der Waals surface area contributed by atoms with Gasteiger partial charge in [0.25, 0.3) is 0 Å². The van der Waals surface area contributed by atoms with Gasteiger partial charge in [-0.1, -0.05) is 46.8 Å². The van der Waals surface area contributed by atoms with Crippen molar-refractivity contribution >= 4 is 15.4 Å². The number of hydrogen-bond donors (Lipinski definition) is 1. The molecule has 0 aliphatic heterocycles. The zero-order valence-corrected chi connectivity index (χ0v) is 23.7. The zero-order chi connectivity index (χ0) is 24.9. The van der Waals surface area contributed by atoms with Gasteiger partial charge >= 0.3 is 5.97 Å². The first kappa shape index (κ1) is 25.3. The summed E-state index contributed by atoms with van der Waals surface area (Å²) in [4.78, 5) is 13.3. The predicted molar refractivity (Wildman–Crippen MR) is 141 cm³/mol. The van der Waals surface area contributed by atoms with Gasteiger partial charge in [0.2, 0.25) is 0 Å². The van der Waals surface area contributed by atoms with Crippen LogP contribution < -0.4 is 0 Å². The van der Waals surface area contributed by atoms with Gasteiger partial charge in [-0.15, -0.1) is 0 Å². The number of aliphatic hydroxyl groups excluding tert-OH is 1. The molecule has 192 valence electrons. The Morgan fingerprint density at radius 2 is 1.59 bits per heavy atom. The number of carbonyl (C=O) groups is 1. The maximum atomic E-state index is 13.3. The van der Waals surface area contributed by atoms with E-state index in [0.717, 1.165) is 38.5 Å². The van der Waals surface area contributed by atoms with Crippen LogP contribution in [0.15, 0.2) is 12.2 Å². The van der Waals surface area contributed by atoms with Crippen LogP contribution in [0.5, 0.6) is 0 Å². The SMILES string of the molecule is C=C(C)[C@@H]1CC[C@]2(C(=O)OP)CC[C@]3(C)[C@H](CC[C@@H]4[C@@]5(C)CC[C@H](O)C(C)(C)[C@@H]5CC[C@]43C)[C@@H]12. The monoisotopic (exact) mass is 488 g/mol. The molecule has 0 bridgehead atoms. The van der Waals surface area contributed by atoms with E-state index in [0.29, 0.717) is 35.0 Å². The van der Waals surface area contributed by atoms with Gasteiger partial charge in [-0.25, -0.2) is 0 Å². The molecule has 0 saturated heterocycles. The molecular formula is C30H49O3P. The first-order chi connectivity index (χ1) is 15.8. The van der Waals surface area contributed by atoms with Crippen molar-refractivity contribution in [2.24, 2.45) is 56.7 Å². The molecule has 34 heavy (non-hydrogen) atoms. The quantitative estimate of drug-likeness (QED) is 0.327. The predicted octanol–water partition coefficient (Wildman–Crippen LogP) is 7.34. The third-order valence-corrected chi connectivity index (χ3v) is 13.8. The Morgan fingerprint density at radius 1 is 0.882 bits per heavy atom. The summed E-state index contributed by atoms with van der Waals surface area (Å²) in [6, 6.07) is 0. The molecule has 5 saturated carbocycles. The molecule has 5 fully saturated rings. The highest BCUT2D eigenvalue weighted by molar-refractivity contribution is 7.10. The van der Waals surface area contributed by atoms with Crippen LogP contribution in [-0.2, 0) is 9.32 Å². The van der Waals surface area contributed by atoms with Gasteiger partial charge in [0.15, 0.2) is 0 Å². The number of fused-ring (bicyclic) bond motifs is 7. The summed E-state index contributed by atoms with van der Waals surface area (Å²) in [5, 5.41) is 10.9. The molecule has 1 N–H and O–H groups in total. The summed E-state index contributed by atoms with van der Waals surface area (Å²) in [5.41, 5.74) is 1.74. The molecule has 5 aliphatic rings. The summed E-state index contributed by atoms with van der Waals surface area (Å²) in [5.74, 6) is 2.65. The molecule has 0 aromatic rings. The number of rotatable bonds is 2. The van der Waals surface area contributed by atoms with Gasteiger partial charge in [0.05, 0.1) is 21.0 Å². The highest BCUT2D eigenvalue weighted by Crippen LogP contribution is 2.77. The normalized spacial score (nSPS) is 53.6. The topological polar surface area (TPSA) is 46.5 Å². The van der Waals surface area contributed by atoms with Crippen molar-refractivity contribution in [3.05, 3.63) is 12.2 Å². The second kappa shape index (κ2) is 7.80. The van der Waals surface area contributed by atoms with E-state index in [4.69, 9.17) is 4.52 Å². The fraction of sp³-hybridized carbons (Fsp3) is 0.900. The summed E-state index contributed by atoms with van der Waals surface area (Å²) in [6.07, 6.45) is 11.0. The highest BCUT2D eigenvalue weighted by atomic mass is 31.0. The average Bonchev–Trinajstić information content (AvgIpc) is 3.18. The average molecular weight is 489 g/mol. The number of aliphatic hydroxyl groups is 1. The molecule has 0 aromatic carbocycles. The van der Waals surface area contributed by atoms with Crippen LogP contribution >= 0.6 is 9.47 Å². The lowest BCUT2D eigenvalue weighted by Crippen LogP contribution is -2.67. The number of hydrogen-bond acceptors (Lipinski definition) is 3. The van der Waals surface area contributed by atoms with Gasteiger partial charge < -0.3 is 9.63 Å². The maximum Gasteiger partial charge on any atom is 0.314 e. The summed E-state index contributed by atoms with van der Waals surface area (Å²) in [7, 11) is 2.25. The smallest absolute Gasteiger partial charge is 0.314 e. The van der Waals surface area contributed by atoms with Crippen LogP contribution in [0.25, 0.3) is 0 Å². The van der Waals surface area contributed by atoms with Gasteiger partial charge in [-0.3, -0.25) is 4.79 Å². The van der Waals surface area contributed by atoms with E-state index in [1.807, 2.05) is 0 Å². The Morgan fingerprint density at radius 3 is 2.24 bits per heavy atom. The lowest BCUT2D eigenvalue weighted by Gasteiger charge is -2.72. The summed E-state index contributed by atoms with van der Waals surface area (Å²) >= 11 is 0. The van der Waals surface area contributed by atoms with E-state index in [1.54, 1.807) is 0 Å². The Labute approximate surface area is 210 Å². The van der Waals surface area contributed by atoms with Crippen LogP contribution in [0.1, 0.15) is 106 Å². The minimum absolute atomic E-state index is 0.00709. The number of allylic oxidation sites excluding steroid dienone is 1. The third kappa shape index (κ3) is 2.92. The Kier molecular flexibility index (Phi) is 5.79. The standard InChI is InChI=1S/C30H49O3P/c1-18(2)19-10-15-30(25(32)33-34)17-16-28(6)20(24(19)30)8-9-22-27(5)13-12-23(31)26(3,4)21(27)11-14-29(22,28)7/h19-24,31H,1,8-17,34H2,2-7H3/t19-,20+,21-,22+,23-,24+,27-,28+,29+,30-/m0/s1. The van der Waals surface area contributed by atoms with E-state index in [9.17, 15) is 9.90 Å². The van der Waals surface area contributed by atoms with Crippen molar-refractivity contribution in [3.8, 4) is 0 Å². The summed E-state index contributed by atoms with van der Waals surface area (Å²) < 4.78 is 5.41. The molecule has 5 rings (SSSR count). The fourth-order valence-corrected chi connectivity index (χ4v) is 11.8. The van der Waals surface area contributed by atoms with Crippen molar-refractivity contribution < 1.29 is 14.4 Å². The first-order valence-corrected chi connectivity index (χ1v) is 14.5. The maximum absolute atomic E-state index is 13.3. The van der Waals surface area contributed by atoms with Gasteiger partial charge in [0.1, 0.15) is 0 Å². The van der Waals surface area contributed by atoms with Crippen molar-refractivity contribution in [3.63, 3.8) is 0 Å². The summed E-state index contributed by atoms with van der Waals surface area (Å²) in [6.45, 7) is 19.1. The van der Waals surface area contributed by atoms with Crippen LogP contribution in [0.2, 0.25) is 0 Å². The van der Waals surface area contributed by atoms with Crippen molar-refractivity contribution in [1.29, 1.82) is 0 Å². The van der Waals surface area contributed by atoms with E-state index in [-0.39, 0.29) is 33.7 Å². The second-order valence-electron chi connectivity index (χ2n) is 14.6. The third-order valence-electron chi connectivity index (χ3n) is 13.6. The molecule has 0 spiro atoms. The first-order valence-electron chi connectivity index (χ1n) is 14.0. The molecule has 11 atom stereocenters. The molecule has 0 heterocycles. The van der Waals surface area contributed by atoms with Crippen LogP contribution in [0.3, 0.4) is 0 Å². The second-order valence-corrected chi connectivity index (χ2v) is 14.9. The zero-order valence-electron chi connectivity index (χ0n) is 22.6. The fourth-order valence-electron chi connectivity index (χ4n) is 11.6. The highest BCUT2D eigenvalue weighted by Gasteiger charge is 2.72. The van der Waals surface area contributed by atoms with Crippen LogP contribution in [-0.4, -0.2) is 17.2 Å². The van der Waals surface area contributed by atoms with E-state index in [2.05, 4.69) is 57.6 Å². The lowest BCUT2D eigenvalue weighted by atomic mass is 9.32. The Bertz CT molecular complexity index is 882. The lowest BCUT2D eigenvalue weighted by molar-refractivity contribution is -0.247. The molecule has 3 nitrogen and oxygen atoms in total. The molecule has 0 amide bonds. The number of carbonyl (C=O) groups excluding carboxylic acids is 1. The molecule has 0 aromatic heterocycles. The van der Waals surface area contributed by atoms with E-state index in [1.165, 1.54) is 31.3 Å². The van der Waals surface area contributed by atoms with E-state index < -0.39 is 0 Å². The van der Waals surface area contributed by atoms with Gasteiger partial charge in [0, 0.05) is 0 Å². The van der Waals surface area contributed by atoms with Gasteiger partial charge in [-0.05, 0) is 122 Å². The van der Waals surface area contributed by atoms with E-state index >= 15 is 0 Å². The largest absolute Gasteiger partial charge is 0.451 e. The Hall–Kier alpha value is -0.400. The molecule has 5 aliphatic carbocycles. The Balaban J connectivity index is 1.56. The van der Waals surface area contributed by atoms with Crippen molar-refractivity contribution in [1.82, 2.24) is 0 Å². The minimum Gasteiger partial charge on any atom is -0.451 e. The molecule has 0 radical (unpaired) electrons. The minimum atomic E-state index is -0.323. The van der Waals surface area contributed by atoms with Gasteiger partial charge in [-0.2, -0.15) is 0 Å². The molecular weight excluding hydrogens is 439 g/mol. The van der Waals surface area contributed by atoms with Crippen molar-refractivity contribution in [2.45, 2.75) is 112 Å². The van der Waals surface area contributed by atoms with Crippen LogP contribution in [0, 0.1) is 56.7 Å². The molecule has 4 heteroatoms. The van der Waals surface area contributed by atoms with Crippen LogP contribution in [0.4, 0.5) is 0 Å². The van der Waals surface area contributed by atoms with Crippen molar-refractivity contribution in [2.75, 3.05) is 0 Å². The molecule has 1 unspecified atom stereocenters.